The van der Waals surface area contributed by atoms with E-state index in [1.54, 1.807) is 0 Å². The molecule has 0 saturated carbocycles. The van der Waals surface area contributed by atoms with Gasteiger partial charge in [-0.2, -0.15) is 0 Å². The number of aryl methyl sites for hydroxylation is 1. The van der Waals surface area contributed by atoms with E-state index in [0.717, 1.165) is 52.0 Å². The van der Waals surface area contributed by atoms with E-state index >= 15 is 0 Å². The summed E-state index contributed by atoms with van der Waals surface area (Å²) in [5.41, 5.74) is 14.9. The summed E-state index contributed by atoms with van der Waals surface area (Å²) >= 11 is 0. The number of fused-ring (bicyclic) bond motifs is 8. The monoisotopic (exact) mass is 715 g/mol. The fraction of sp³-hybridized carbons (Fsp3) is 0.0370. The third kappa shape index (κ3) is 5.41. The lowest BCUT2D eigenvalue weighted by atomic mass is 9.87. The van der Waals surface area contributed by atoms with E-state index in [0.29, 0.717) is 0 Å². The van der Waals surface area contributed by atoms with Crippen LogP contribution in [0, 0.1) is 0 Å². The Morgan fingerprint density at radius 1 is 0.393 bits per heavy atom. The van der Waals surface area contributed by atoms with Gasteiger partial charge in [0, 0.05) is 39.0 Å². The SMILES string of the molecule is C1=Cc2c(-c3ccc(N(c4cccc(-c5ccccc5)c4)c4ccc5c(ccc6ccccc65)c4)cc3)cc3c(oc4c(-c5ccccc5)cccc43)c2CC1. The summed E-state index contributed by atoms with van der Waals surface area (Å²) < 4.78 is 6.83. The predicted octanol–water partition coefficient (Wildman–Crippen LogP) is 15.3. The minimum Gasteiger partial charge on any atom is -0.455 e. The van der Waals surface area contributed by atoms with E-state index in [2.05, 4.69) is 205 Å². The molecule has 1 aliphatic rings. The van der Waals surface area contributed by atoms with Crippen LogP contribution in [0.25, 0.3) is 82.9 Å². The van der Waals surface area contributed by atoms with Crippen molar-refractivity contribution in [2.45, 2.75) is 12.8 Å². The van der Waals surface area contributed by atoms with Crippen molar-refractivity contribution >= 4 is 66.6 Å². The van der Waals surface area contributed by atoms with Gasteiger partial charge in [0.05, 0.1) is 0 Å². The molecule has 1 heterocycles. The third-order valence-electron chi connectivity index (χ3n) is 11.5. The first-order valence-corrected chi connectivity index (χ1v) is 19.5. The van der Waals surface area contributed by atoms with Gasteiger partial charge in [-0.25, -0.2) is 0 Å². The fourth-order valence-electron chi connectivity index (χ4n) is 8.80. The summed E-state index contributed by atoms with van der Waals surface area (Å²) in [4.78, 5) is 2.39. The lowest BCUT2D eigenvalue weighted by molar-refractivity contribution is 0.662. The van der Waals surface area contributed by atoms with E-state index in [4.69, 9.17) is 4.42 Å². The van der Waals surface area contributed by atoms with Gasteiger partial charge in [-0.15, -0.1) is 0 Å². The quantitative estimate of drug-likeness (QED) is 0.159. The number of hydrogen-bond donors (Lipinski definition) is 0. The van der Waals surface area contributed by atoms with Crippen LogP contribution < -0.4 is 4.90 Å². The lowest BCUT2D eigenvalue weighted by Gasteiger charge is -2.27. The van der Waals surface area contributed by atoms with E-state index in [1.807, 2.05) is 0 Å². The standard InChI is InChI=1S/C54H37NO/c1-3-13-36(14-4-1)40-18-11-19-43(33-40)55(44-31-32-46-41(34-44)26-25-38-17-7-8-20-45(38)46)42-29-27-39(28-30-42)51-35-52-50-24-12-23-47(37-15-5-2-6-16-37)53(50)56-54(52)49-22-10-9-21-48(49)51/h1-9,11-21,23-35H,10,22H2. The Morgan fingerprint density at radius 3 is 1.91 bits per heavy atom. The van der Waals surface area contributed by atoms with Crippen molar-refractivity contribution < 1.29 is 4.42 Å². The molecular weight excluding hydrogens is 679 g/mol. The van der Waals surface area contributed by atoms with Crippen LogP contribution in [0.1, 0.15) is 17.5 Å². The molecule has 0 unspecified atom stereocenters. The summed E-state index contributed by atoms with van der Waals surface area (Å²) in [5.74, 6) is 0. The Bertz CT molecular complexity index is 3120. The smallest absolute Gasteiger partial charge is 0.143 e. The molecule has 0 amide bonds. The Kier molecular flexibility index (Phi) is 7.67. The second-order valence-corrected chi connectivity index (χ2v) is 14.8. The minimum absolute atomic E-state index is 0.953. The van der Waals surface area contributed by atoms with Gasteiger partial charge < -0.3 is 9.32 Å². The highest BCUT2D eigenvalue weighted by molar-refractivity contribution is 6.13. The first-order chi connectivity index (χ1) is 27.8. The number of hydrogen-bond acceptors (Lipinski definition) is 2. The zero-order valence-corrected chi connectivity index (χ0v) is 30.8. The van der Waals surface area contributed by atoms with E-state index in [9.17, 15) is 0 Å². The second kappa shape index (κ2) is 13.3. The first-order valence-electron chi connectivity index (χ1n) is 19.5. The summed E-state index contributed by atoms with van der Waals surface area (Å²) in [5, 5.41) is 7.34. The number of nitrogens with zero attached hydrogens (tertiary/aromatic N) is 1. The van der Waals surface area contributed by atoms with Gasteiger partial charge >= 0.3 is 0 Å². The molecule has 2 heteroatoms. The second-order valence-electron chi connectivity index (χ2n) is 14.8. The van der Waals surface area contributed by atoms with Crippen LogP contribution in [-0.2, 0) is 6.42 Å². The zero-order valence-electron chi connectivity index (χ0n) is 30.8. The molecule has 11 rings (SSSR count). The topological polar surface area (TPSA) is 16.4 Å². The Labute approximate surface area is 326 Å². The molecule has 56 heavy (non-hydrogen) atoms. The van der Waals surface area contributed by atoms with Gasteiger partial charge in [0.1, 0.15) is 11.2 Å². The van der Waals surface area contributed by atoms with Crippen molar-refractivity contribution in [2.75, 3.05) is 4.90 Å². The van der Waals surface area contributed by atoms with E-state index in [1.165, 1.54) is 65.9 Å². The molecule has 0 saturated heterocycles. The highest BCUT2D eigenvalue weighted by atomic mass is 16.3. The van der Waals surface area contributed by atoms with Crippen LogP contribution in [0.2, 0.25) is 0 Å². The van der Waals surface area contributed by atoms with E-state index in [-0.39, 0.29) is 0 Å². The summed E-state index contributed by atoms with van der Waals surface area (Å²) in [6.07, 6.45) is 6.56. The van der Waals surface area contributed by atoms with Crippen LogP contribution in [0.3, 0.4) is 0 Å². The summed E-state index contributed by atoms with van der Waals surface area (Å²) in [6.45, 7) is 0. The first kappa shape index (κ1) is 32.3. The van der Waals surface area contributed by atoms with Crippen molar-refractivity contribution in [3.63, 3.8) is 0 Å². The van der Waals surface area contributed by atoms with Crippen molar-refractivity contribution in [2.24, 2.45) is 0 Å². The molecule has 1 aromatic heterocycles. The number of para-hydroxylation sites is 1. The summed E-state index contributed by atoms with van der Waals surface area (Å²) in [7, 11) is 0. The number of benzene rings is 9. The molecule has 0 spiro atoms. The van der Waals surface area contributed by atoms with Crippen LogP contribution >= 0.6 is 0 Å². The predicted molar refractivity (Wildman–Crippen MR) is 237 cm³/mol. The summed E-state index contributed by atoms with van der Waals surface area (Å²) in [6, 6.07) is 68.1. The van der Waals surface area contributed by atoms with Crippen molar-refractivity contribution in [1.29, 1.82) is 0 Å². The molecule has 1 aliphatic carbocycles. The molecular formula is C54H37NO. The number of allylic oxidation sites excluding steroid dienone is 1. The molecule has 0 aliphatic heterocycles. The van der Waals surface area contributed by atoms with Crippen LogP contribution in [0.15, 0.2) is 199 Å². The molecule has 2 nitrogen and oxygen atoms in total. The van der Waals surface area contributed by atoms with Crippen LogP contribution in [0.4, 0.5) is 17.1 Å². The molecule has 264 valence electrons. The normalized spacial score (nSPS) is 12.4. The third-order valence-corrected chi connectivity index (χ3v) is 11.5. The Balaban J connectivity index is 1.06. The molecule has 0 atom stereocenters. The maximum atomic E-state index is 6.83. The average molecular weight is 716 g/mol. The van der Waals surface area contributed by atoms with Crippen molar-refractivity contribution in [3.8, 4) is 33.4 Å². The number of furan rings is 1. The maximum Gasteiger partial charge on any atom is 0.143 e. The average Bonchev–Trinajstić information content (AvgIpc) is 3.66. The number of rotatable bonds is 6. The van der Waals surface area contributed by atoms with Crippen molar-refractivity contribution in [1.82, 2.24) is 0 Å². The highest BCUT2D eigenvalue weighted by Gasteiger charge is 2.22. The fourth-order valence-corrected chi connectivity index (χ4v) is 8.80. The van der Waals surface area contributed by atoms with Gasteiger partial charge in [0.2, 0.25) is 0 Å². The van der Waals surface area contributed by atoms with Gasteiger partial charge in [-0.05, 0) is 110 Å². The molecule has 0 fully saturated rings. The molecule has 0 bridgehead atoms. The molecule has 9 aromatic carbocycles. The van der Waals surface area contributed by atoms with Gasteiger partial charge in [-0.3, -0.25) is 0 Å². The minimum atomic E-state index is 0.953. The Hall–Kier alpha value is -7.16. The lowest BCUT2D eigenvalue weighted by Crippen LogP contribution is -2.10. The largest absolute Gasteiger partial charge is 0.455 e. The van der Waals surface area contributed by atoms with Crippen molar-refractivity contribution in [3.05, 3.63) is 205 Å². The zero-order chi connectivity index (χ0) is 37.0. The molecule has 10 aromatic rings. The van der Waals surface area contributed by atoms with Gasteiger partial charge in [-0.1, -0.05) is 158 Å². The van der Waals surface area contributed by atoms with Crippen LogP contribution in [0.5, 0.6) is 0 Å². The molecule has 0 N–H and O–H groups in total. The number of anilines is 3. The highest BCUT2D eigenvalue weighted by Crippen LogP contribution is 2.45. The molecule has 0 radical (unpaired) electrons. The van der Waals surface area contributed by atoms with Crippen LogP contribution in [-0.4, -0.2) is 0 Å². The van der Waals surface area contributed by atoms with Gasteiger partial charge in [0.15, 0.2) is 0 Å². The maximum absolute atomic E-state index is 6.83. The Morgan fingerprint density at radius 2 is 1.05 bits per heavy atom. The van der Waals surface area contributed by atoms with E-state index < -0.39 is 0 Å². The van der Waals surface area contributed by atoms with Gasteiger partial charge in [0.25, 0.3) is 0 Å².